The molecule has 0 saturated heterocycles. The van der Waals surface area contributed by atoms with Crippen LogP contribution in [-0.4, -0.2) is 5.78 Å². The fourth-order valence-corrected chi connectivity index (χ4v) is 3.51. The third-order valence-electron chi connectivity index (χ3n) is 4.25. The van der Waals surface area contributed by atoms with E-state index >= 15 is 0 Å². The van der Waals surface area contributed by atoms with Gasteiger partial charge in [-0.05, 0) is 47.1 Å². The molecule has 2 aliphatic rings. The highest BCUT2D eigenvalue weighted by Crippen LogP contribution is 2.46. The fourth-order valence-electron chi connectivity index (χ4n) is 3.51. The van der Waals surface area contributed by atoms with Gasteiger partial charge in [-0.2, -0.15) is 0 Å². The molecule has 0 heterocycles. The Bertz CT molecular complexity index is 650. The van der Waals surface area contributed by atoms with E-state index in [1.54, 1.807) is 6.08 Å². The highest BCUT2D eigenvalue weighted by molar-refractivity contribution is 6.02. The van der Waals surface area contributed by atoms with E-state index in [9.17, 15) is 4.79 Å². The first kappa shape index (κ1) is 14.8. The van der Waals surface area contributed by atoms with Crippen LogP contribution in [0.4, 0.5) is 0 Å². The van der Waals surface area contributed by atoms with Crippen molar-refractivity contribution < 1.29 is 4.79 Å². The maximum atomic E-state index is 11.0. The molecular formula is C21H22O. The number of hydrogen-bond donors (Lipinski definition) is 0. The van der Waals surface area contributed by atoms with Gasteiger partial charge in [0.05, 0.1) is 0 Å². The van der Waals surface area contributed by atoms with Gasteiger partial charge in [0.2, 0.25) is 0 Å². The summed E-state index contributed by atoms with van der Waals surface area (Å²) in [7, 11) is 0. The summed E-state index contributed by atoms with van der Waals surface area (Å²) in [5.41, 5.74) is 7.01. The standard InChI is InChI=1S/C12H8.C9H14O/c1-2-6-10-9(5-1)11-7-3-4-8-12(10)11;1-7-4-8(10)6-9(2,3)5-7/h1-8H;4H,5-6H2,1-3H3. The van der Waals surface area contributed by atoms with Gasteiger partial charge in [0, 0.05) is 6.42 Å². The van der Waals surface area contributed by atoms with E-state index in [0.29, 0.717) is 6.42 Å². The molecule has 0 unspecified atom stereocenters. The molecule has 4 rings (SSSR count). The zero-order valence-corrected chi connectivity index (χ0v) is 13.5. The molecule has 2 aromatic carbocycles. The van der Waals surface area contributed by atoms with E-state index in [-0.39, 0.29) is 11.2 Å². The van der Waals surface area contributed by atoms with Gasteiger partial charge >= 0.3 is 0 Å². The topological polar surface area (TPSA) is 17.1 Å². The predicted molar refractivity (Wildman–Crippen MR) is 92.7 cm³/mol. The van der Waals surface area contributed by atoms with Crippen LogP contribution >= 0.6 is 0 Å². The van der Waals surface area contributed by atoms with Crippen LogP contribution in [0.3, 0.4) is 0 Å². The average Bonchev–Trinajstić information content (AvgIpc) is 2.42. The summed E-state index contributed by atoms with van der Waals surface area (Å²) in [6.07, 6.45) is 3.55. The Hall–Kier alpha value is -2.15. The minimum absolute atomic E-state index is 0.204. The highest BCUT2D eigenvalue weighted by atomic mass is 16.1. The Morgan fingerprint density at radius 3 is 1.50 bits per heavy atom. The molecule has 22 heavy (non-hydrogen) atoms. The lowest BCUT2D eigenvalue weighted by molar-refractivity contribution is -0.117. The number of fused-ring (bicyclic) bond motifs is 4. The number of hydrogen-bond acceptors (Lipinski definition) is 1. The first-order valence-electron chi connectivity index (χ1n) is 7.85. The molecule has 0 bridgehead atoms. The monoisotopic (exact) mass is 290 g/mol. The minimum Gasteiger partial charge on any atom is -0.295 e. The maximum absolute atomic E-state index is 11.0. The summed E-state index contributed by atoms with van der Waals surface area (Å²) < 4.78 is 0. The first-order chi connectivity index (χ1) is 10.5. The molecule has 0 saturated carbocycles. The molecule has 1 nitrogen and oxygen atoms in total. The number of carbonyl (C=O) groups excluding carboxylic acids is 1. The number of benzene rings is 2. The molecule has 1 heteroatoms. The Kier molecular flexibility index (Phi) is 3.74. The second-order valence-electron chi connectivity index (χ2n) is 7.07. The predicted octanol–water partition coefficient (Wildman–Crippen LogP) is 5.66. The van der Waals surface area contributed by atoms with Crippen LogP contribution in [0, 0.1) is 5.41 Å². The summed E-state index contributed by atoms with van der Waals surface area (Å²) in [6, 6.07) is 17.1. The molecule has 2 aromatic rings. The summed E-state index contributed by atoms with van der Waals surface area (Å²) in [5.74, 6) is 0.286. The molecule has 0 spiro atoms. The van der Waals surface area contributed by atoms with Crippen molar-refractivity contribution in [2.75, 3.05) is 0 Å². The van der Waals surface area contributed by atoms with Crippen molar-refractivity contribution in [2.24, 2.45) is 5.41 Å². The molecule has 0 radical (unpaired) electrons. The van der Waals surface area contributed by atoms with Crippen molar-refractivity contribution in [2.45, 2.75) is 33.6 Å². The number of ketones is 1. The number of rotatable bonds is 0. The Balaban J connectivity index is 0.000000134. The number of carbonyl (C=O) groups is 1. The SMILES string of the molecule is CC1=CC(=O)CC(C)(C)C1.c1ccc2c(c1)-c1ccccc1-2. The molecule has 0 N–H and O–H groups in total. The largest absolute Gasteiger partial charge is 0.295 e. The van der Waals surface area contributed by atoms with Crippen molar-refractivity contribution in [1.82, 2.24) is 0 Å². The van der Waals surface area contributed by atoms with Crippen molar-refractivity contribution in [3.8, 4) is 22.3 Å². The highest BCUT2D eigenvalue weighted by Gasteiger charge is 2.25. The van der Waals surface area contributed by atoms with Crippen LogP contribution in [-0.2, 0) is 4.79 Å². The molecule has 0 aliphatic heterocycles. The van der Waals surface area contributed by atoms with E-state index < -0.39 is 0 Å². The summed E-state index contributed by atoms with van der Waals surface area (Å²) >= 11 is 0. The second kappa shape index (κ2) is 5.57. The molecule has 112 valence electrons. The third kappa shape index (κ3) is 2.89. The quantitative estimate of drug-likeness (QED) is 0.522. The lowest BCUT2D eigenvalue weighted by Gasteiger charge is -2.27. The summed E-state index contributed by atoms with van der Waals surface area (Å²) in [6.45, 7) is 6.31. The molecule has 0 amide bonds. The zero-order valence-electron chi connectivity index (χ0n) is 13.5. The molecular weight excluding hydrogens is 268 g/mol. The lowest BCUT2D eigenvalue weighted by atomic mass is 9.77. The maximum Gasteiger partial charge on any atom is 0.156 e. The zero-order chi connectivity index (χ0) is 15.7. The third-order valence-corrected chi connectivity index (χ3v) is 4.25. The summed E-state index contributed by atoms with van der Waals surface area (Å²) in [4.78, 5) is 11.0. The molecule has 2 aliphatic carbocycles. The van der Waals surface area contributed by atoms with Gasteiger partial charge in [0.25, 0.3) is 0 Å². The van der Waals surface area contributed by atoms with E-state index in [1.807, 2.05) is 6.92 Å². The van der Waals surface area contributed by atoms with Crippen LogP contribution in [0.1, 0.15) is 33.6 Å². The van der Waals surface area contributed by atoms with Gasteiger partial charge in [-0.3, -0.25) is 4.79 Å². The van der Waals surface area contributed by atoms with Crippen LogP contribution < -0.4 is 0 Å². The molecule has 0 aromatic heterocycles. The van der Waals surface area contributed by atoms with Crippen LogP contribution in [0.2, 0.25) is 0 Å². The van der Waals surface area contributed by atoms with Crippen molar-refractivity contribution in [3.05, 3.63) is 60.2 Å². The Labute approximate surface area is 132 Å². The smallest absolute Gasteiger partial charge is 0.156 e. The average molecular weight is 290 g/mol. The Morgan fingerprint density at radius 1 is 0.773 bits per heavy atom. The van der Waals surface area contributed by atoms with Gasteiger partial charge in [-0.25, -0.2) is 0 Å². The van der Waals surface area contributed by atoms with E-state index in [1.165, 1.54) is 27.8 Å². The van der Waals surface area contributed by atoms with Crippen LogP contribution in [0.25, 0.3) is 22.3 Å². The lowest BCUT2D eigenvalue weighted by Crippen LogP contribution is -2.20. The normalized spacial score (nSPS) is 17.2. The number of allylic oxidation sites excluding steroid dienone is 2. The first-order valence-corrected chi connectivity index (χ1v) is 7.85. The van der Waals surface area contributed by atoms with Crippen molar-refractivity contribution in [3.63, 3.8) is 0 Å². The molecule has 0 atom stereocenters. The van der Waals surface area contributed by atoms with Gasteiger partial charge in [0.1, 0.15) is 0 Å². The van der Waals surface area contributed by atoms with Gasteiger partial charge in [-0.1, -0.05) is 68.0 Å². The summed E-state index contributed by atoms with van der Waals surface area (Å²) in [5, 5.41) is 0. The van der Waals surface area contributed by atoms with Gasteiger partial charge < -0.3 is 0 Å². The van der Waals surface area contributed by atoms with Gasteiger partial charge in [-0.15, -0.1) is 0 Å². The van der Waals surface area contributed by atoms with E-state index in [2.05, 4.69) is 62.4 Å². The minimum atomic E-state index is 0.204. The van der Waals surface area contributed by atoms with Crippen LogP contribution in [0.15, 0.2) is 60.2 Å². The van der Waals surface area contributed by atoms with E-state index in [0.717, 1.165) is 6.42 Å². The van der Waals surface area contributed by atoms with Crippen molar-refractivity contribution in [1.29, 1.82) is 0 Å². The second-order valence-corrected chi connectivity index (χ2v) is 7.07. The van der Waals surface area contributed by atoms with Crippen LogP contribution in [0.5, 0.6) is 0 Å². The molecule has 0 fully saturated rings. The van der Waals surface area contributed by atoms with E-state index in [4.69, 9.17) is 0 Å². The Morgan fingerprint density at radius 2 is 1.18 bits per heavy atom. The fraction of sp³-hybridized carbons (Fsp3) is 0.286. The van der Waals surface area contributed by atoms with Gasteiger partial charge in [0.15, 0.2) is 5.78 Å². The van der Waals surface area contributed by atoms with Crippen molar-refractivity contribution >= 4 is 5.78 Å².